The lowest BCUT2D eigenvalue weighted by Gasteiger charge is -2.19. The van der Waals surface area contributed by atoms with Crippen LogP contribution in [0, 0.1) is 0 Å². The lowest BCUT2D eigenvalue weighted by atomic mass is 9.95. The second-order valence-corrected chi connectivity index (χ2v) is 5.54. The predicted octanol–water partition coefficient (Wildman–Crippen LogP) is 2.64. The first-order chi connectivity index (χ1) is 7.38. The third-order valence-corrected chi connectivity index (χ3v) is 3.39. The predicted molar refractivity (Wildman–Crippen MR) is 66.1 cm³/mol. The molecule has 0 saturated heterocycles. The fraction of sp³-hybridized carbons (Fsp3) is 0.571. The molecule has 0 bridgehead atoms. The third kappa shape index (κ3) is 2.13. The second kappa shape index (κ2) is 3.86. The van der Waals surface area contributed by atoms with E-state index in [-0.39, 0.29) is 0 Å². The van der Waals surface area contributed by atoms with Gasteiger partial charge in [-0.1, -0.05) is 18.2 Å². The van der Waals surface area contributed by atoms with E-state index in [4.69, 9.17) is 0 Å². The van der Waals surface area contributed by atoms with Gasteiger partial charge in [0.2, 0.25) is 0 Å². The van der Waals surface area contributed by atoms with Crippen LogP contribution in [0.3, 0.4) is 0 Å². The van der Waals surface area contributed by atoms with Crippen LogP contribution in [0.1, 0.15) is 44.4 Å². The van der Waals surface area contributed by atoms with E-state index in [1.54, 1.807) is 0 Å². The summed E-state index contributed by atoms with van der Waals surface area (Å²) in [4.78, 5) is 2.44. The molecule has 1 aromatic rings. The monoisotopic (exact) mass is 219 g/mol. The Hall–Kier alpha value is -0.860. The summed E-state index contributed by atoms with van der Waals surface area (Å²) in [5.74, 6) is 0. The van der Waals surface area contributed by atoms with Crippen molar-refractivity contribution >= 4 is 0 Å². The van der Waals surface area contributed by atoms with Gasteiger partial charge < -0.3 is 5.11 Å². The fourth-order valence-corrected chi connectivity index (χ4v) is 2.17. The van der Waals surface area contributed by atoms with Crippen molar-refractivity contribution in [3.8, 4) is 0 Å². The van der Waals surface area contributed by atoms with Gasteiger partial charge >= 0.3 is 0 Å². The van der Waals surface area contributed by atoms with Gasteiger partial charge in [0, 0.05) is 19.1 Å². The highest BCUT2D eigenvalue weighted by atomic mass is 16.3. The van der Waals surface area contributed by atoms with Crippen LogP contribution in [0.5, 0.6) is 0 Å². The summed E-state index contributed by atoms with van der Waals surface area (Å²) in [6.07, 6.45) is 0. The summed E-state index contributed by atoms with van der Waals surface area (Å²) in [5, 5.41) is 9.98. The van der Waals surface area contributed by atoms with E-state index < -0.39 is 5.60 Å². The molecule has 0 unspecified atom stereocenters. The number of hydrogen-bond donors (Lipinski definition) is 1. The molecular formula is C14H21NO. The first kappa shape index (κ1) is 11.6. The van der Waals surface area contributed by atoms with Crippen molar-refractivity contribution < 1.29 is 5.11 Å². The Labute approximate surface area is 97.9 Å². The minimum atomic E-state index is -0.736. The summed E-state index contributed by atoms with van der Waals surface area (Å²) in [5.41, 5.74) is 3.05. The molecule has 88 valence electrons. The van der Waals surface area contributed by atoms with Crippen molar-refractivity contribution in [2.75, 3.05) is 0 Å². The zero-order valence-corrected chi connectivity index (χ0v) is 10.6. The molecule has 2 nitrogen and oxygen atoms in total. The van der Waals surface area contributed by atoms with Crippen molar-refractivity contribution in [3.05, 3.63) is 34.9 Å². The Kier molecular flexibility index (Phi) is 2.81. The molecule has 16 heavy (non-hydrogen) atoms. The van der Waals surface area contributed by atoms with E-state index in [1.807, 2.05) is 19.9 Å². The van der Waals surface area contributed by atoms with Crippen molar-refractivity contribution in [2.45, 2.75) is 52.4 Å². The average molecular weight is 219 g/mol. The van der Waals surface area contributed by atoms with Gasteiger partial charge in [0.05, 0.1) is 5.60 Å². The first-order valence-corrected chi connectivity index (χ1v) is 5.96. The van der Waals surface area contributed by atoms with Gasteiger partial charge in [-0.05, 0) is 44.4 Å². The van der Waals surface area contributed by atoms with Gasteiger partial charge in [-0.15, -0.1) is 0 Å². The number of nitrogens with zero attached hydrogens (tertiary/aromatic N) is 1. The summed E-state index contributed by atoms with van der Waals surface area (Å²) >= 11 is 0. The fourth-order valence-electron chi connectivity index (χ4n) is 2.17. The van der Waals surface area contributed by atoms with Gasteiger partial charge in [0.1, 0.15) is 0 Å². The van der Waals surface area contributed by atoms with Crippen LogP contribution < -0.4 is 0 Å². The highest BCUT2D eigenvalue weighted by Crippen LogP contribution is 2.29. The molecule has 0 aromatic heterocycles. The maximum atomic E-state index is 9.98. The van der Waals surface area contributed by atoms with Crippen LogP contribution in [-0.4, -0.2) is 16.0 Å². The SMILES string of the molecule is CC(C)N1Cc2ccc(C(C)(C)O)cc2C1. The largest absolute Gasteiger partial charge is 0.386 e. The van der Waals surface area contributed by atoms with Gasteiger partial charge in [0.25, 0.3) is 0 Å². The molecule has 0 amide bonds. The molecule has 0 fully saturated rings. The van der Waals surface area contributed by atoms with Crippen LogP contribution in [-0.2, 0) is 18.7 Å². The third-order valence-electron chi connectivity index (χ3n) is 3.39. The molecule has 0 atom stereocenters. The van der Waals surface area contributed by atoms with Gasteiger partial charge in [-0.3, -0.25) is 4.90 Å². The van der Waals surface area contributed by atoms with Crippen LogP contribution >= 0.6 is 0 Å². The van der Waals surface area contributed by atoms with Crippen LogP contribution in [0.4, 0.5) is 0 Å². The van der Waals surface area contributed by atoms with Crippen molar-refractivity contribution in [3.63, 3.8) is 0 Å². The molecule has 1 N–H and O–H groups in total. The van der Waals surface area contributed by atoms with E-state index in [0.717, 1.165) is 18.7 Å². The van der Waals surface area contributed by atoms with Crippen LogP contribution in [0.2, 0.25) is 0 Å². The molecular weight excluding hydrogens is 198 g/mol. The van der Waals surface area contributed by atoms with E-state index in [2.05, 4.69) is 30.9 Å². The summed E-state index contributed by atoms with van der Waals surface area (Å²) < 4.78 is 0. The summed E-state index contributed by atoms with van der Waals surface area (Å²) in [6.45, 7) is 10.2. The standard InChI is InChI=1S/C14H21NO/c1-10(2)15-8-11-5-6-13(14(3,4)16)7-12(11)9-15/h5-7,10,16H,8-9H2,1-4H3. The molecule has 1 heterocycles. The minimum absolute atomic E-state index is 0.581. The number of benzene rings is 1. The van der Waals surface area contributed by atoms with Crippen molar-refractivity contribution in [1.82, 2.24) is 4.90 Å². The van der Waals surface area contributed by atoms with Crippen molar-refractivity contribution in [2.24, 2.45) is 0 Å². The van der Waals surface area contributed by atoms with E-state index >= 15 is 0 Å². The van der Waals surface area contributed by atoms with E-state index in [9.17, 15) is 5.11 Å². The smallest absolute Gasteiger partial charge is 0.0840 e. The normalized spacial score (nSPS) is 16.9. The van der Waals surface area contributed by atoms with E-state index in [0.29, 0.717) is 6.04 Å². The van der Waals surface area contributed by atoms with Gasteiger partial charge in [-0.25, -0.2) is 0 Å². The molecule has 0 aliphatic carbocycles. The van der Waals surface area contributed by atoms with E-state index in [1.165, 1.54) is 11.1 Å². The Balaban J connectivity index is 2.28. The number of rotatable bonds is 2. The summed E-state index contributed by atoms with van der Waals surface area (Å²) in [7, 11) is 0. The lowest BCUT2D eigenvalue weighted by Crippen LogP contribution is -2.24. The van der Waals surface area contributed by atoms with Crippen LogP contribution in [0.15, 0.2) is 18.2 Å². The Morgan fingerprint density at radius 2 is 1.81 bits per heavy atom. The molecule has 1 aromatic carbocycles. The number of aliphatic hydroxyl groups is 1. The molecule has 2 rings (SSSR count). The quantitative estimate of drug-likeness (QED) is 0.826. The zero-order valence-electron chi connectivity index (χ0n) is 10.6. The van der Waals surface area contributed by atoms with Gasteiger partial charge in [0.15, 0.2) is 0 Å². The highest BCUT2D eigenvalue weighted by molar-refractivity contribution is 5.36. The lowest BCUT2D eigenvalue weighted by molar-refractivity contribution is 0.0785. The average Bonchev–Trinajstić information content (AvgIpc) is 2.58. The zero-order chi connectivity index (χ0) is 11.9. The van der Waals surface area contributed by atoms with Crippen molar-refractivity contribution in [1.29, 1.82) is 0 Å². The number of fused-ring (bicyclic) bond motifs is 1. The maximum Gasteiger partial charge on any atom is 0.0840 e. The Morgan fingerprint density at radius 3 is 2.38 bits per heavy atom. The molecule has 1 aliphatic rings. The molecule has 0 radical (unpaired) electrons. The molecule has 0 spiro atoms. The first-order valence-electron chi connectivity index (χ1n) is 5.96. The molecule has 0 saturated carbocycles. The topological polar surface area (TPSA) is 23.5 Å². The van der Waals surface area contributed by atoms with Crippen LogP contribution in [0.25, 0.3) is 0 Å². The summed E-state index contributed by atoms with van der Waals surface area (Å²) in [6, 6.07) is 6.93. The second-order valence-electron chi connectivity index (χ2n) is 5.54. The Bertz CT molecular complexity index is 390. The molecule has 1 aliphatic heterocycles. The minimum Gasteiger partial charge on any atom is -0.386 e. The van der Waals surface area contributed by atoms with Gasteiger partial charge in [-0.2, -0.15) is 0 Å². The number of hydrogen-bond acceptors (Lipinski definition) is 2. The molecule has 2 heteroatoms. The maximum absolute atomic E-state index is 9.98. The highest BCUT2D eigenvalue weighted by Gasteiger charge is 2.23. The Morgan fingerprint density at radius 1 is 1.19 bits per heavy atom.